The molecule has 0 N–H and O–H groups in total. The lowest BCUT2D eigenvalue weighted by Gasteiger charge is -2.17. The predicted octanol–water partition coefficient (Wildman–Crippen LogP) is 3.40. The molecule has 0 unspecified atom stereocenters. The third-order valence-electron chi connectivity index (χ3n) is 3.05. The van der Waals surface area contributed by atoms with Crippen LogP contribution >= 0.6 is 11.3 Å². The lowest BCUT2D eigenvalue weighted by molar-refractivity contribution is 0.312. The average molecular weight is 276 g/mol. The number of hydrogen-bond acceptors (Lipinski definition) is 4. The first-order valence-corrected chi connectivity index (χ1v) is 7.15. The number of aromatic nitrogens is 1. The molecule has 0 aliphatic heterocycles. The second-order valence-corrected chi connectivity index (χ2v) is 6.01. The molecule has 0 fully saturated rings. The van der Waals surface area contributed by atoms with Crippen molar-refractivity contribution in [3.8, 4) is 5.75 Å². The number of nitrogens with zero attached hydrogens (tertiary/aromatic N) is 2. The van der Waals surface area contributed by atoms with Gasteiger partial charge in [0.15, 0.2) is 0 Å². The molecule has 3 nitrogen and oxygen atoms in total. The molecular weight excluding hydrogens is 256 g/mol. The van der Waals surface area contributed by atoms with Crippen molar-refractivity contribution in [3.05, 3.63) is 45.4 Å². The van der Waals surface area contributed by atoms with Gasteiger partial charge in [-0.15, -0.1) is 11.3 Å². The molecule has 1 aromatic heterocycles. The van der Waals surface area contributed by atoms with E-state index in [-0.39, 0.29) is 0 Å². The maximum Gasteiger partial charge on any atom is 0.123 e. The molecule has 0 amide bonds. The van der Waals surface area contributed by atoms with Gasteiger partial charge in [0.1, 0.15) is 5.75 Å². The lowest BCUT2D eigenvalue weighted by Crippen LogP contribution is -2.17. The molecule has 0 atom stereocenters. The van der Waals surface area contributed by atoms with E-state index in [1.807, 2.05) is 18.2 Å². The van der Waals surface area contributed by atoms with Gasteiger partial charge in [0.05, 0.1) is 17.8 Å². The van der Waals surface area contributed by atoms with Crippen LogP contribution in [0.4, 0.5) is 0 Å². The van der Waals surface area contributed by atoms with Gasteiger partial charge in [0, 0.05) is 23.5 Å². The number of thiazole rings is 1. The number of ether oxygens (including phenoxy) is 1. The van der Waals surface area contributed by atoms with Crippen LogP contribution in [0.25, 0.3) is 0 Å². The van der Waals surface area contributed by atoms with Gasteiger partial charge in [-0.3, -0.25) is 4.90 Å². The normalized spacial score (nSPS) is 11.0. The van der Waals surface area contributed by atoms with E-state index in [0.717, 1.165) is 29.5 Å². The maximum atomic E-state index is 5.39. The fraction of sp³-hybridized carbons (Fsp3) is 0.400. The number of aryl methyl sites for hydroxylation is 2. The van der Waals surface area contributed by atoms with Crippen molar-refractivity contribution in [1.82, 2.24) is 9.88 Å². The summed E-state index contributed by atoms with van der Waals surface area (Å²) in [7, 11) is 3.84. The smallest absolute Gasteiger partial charge is 0.123 e. The monoisotopic (exact) mass is 276 g/mol. The van der Waals surface area contributed by atoms with Gasteiger partial charge in [0.25, 0.3) is 0 Å². The topological polar surface area (TPSA) is 25.4 Å². The number of rotatable bonds is 5. The molecule has 0 bridgehead atoms. The van der Waals surface area contributed by atoms with Gasteiger partial charge >= 0.3 is 0 Å². The van der Waals surface area contributed by atoms with Crippen LogP contribution in [0, 0.1) is 13.8 Å². The summed E-state index contributed by atoms with van der Waals surface area (Å²) in [5, 5.41) is 1.14. The molecule has 19 heavy (non-hydrogen) atoms. The Morgan fingerprint density at radius 1 is 1.21 bits per heavy atom. The molecule has 0 aliphatic rings. The Balaban J connectivity index is 2.05. The molecule has 102 valence electrons. The molecule has 0 radical (unpaired) electrons. The standard InChI is InChI=1S/C15H20N2OS/c1-11-15(19-12(2)16-11)10-17(3)9-13-7-5-6-8-14(13)18-4/h5-8H,9-10H2,1-4H3. The maximum absolute atomic E-state index is 5.39. The van der Waals surface area contributed by atoms with Crippen molar-refractivity contribution in [1.29, 1.82) is 0 Å². The van der Waals surface area contributed by atoms with E-state index in [2.05, 4.69) is 36.8 Å². The minimum atomic E-state index is 0.875. The summed E-state index contributed by atoms with van der Waals surface area (Å²) in [6, 6.07) is 8.16. The first-order valence-electron chi connectivity index (χ1n) is 6.33. The molecule has 0 saturated carbocycles. The van der Waals surface area contributed by atoms with Gasteiger partial charge < -0.3 is 4.74 Å². The Labute approximate surface area is 118 Å². The van der Waals surface area contributed by atoms with Crippen molar-refractivity contribution < 1.29 is 4.74 Å². The van der Waals surface area contributed by atoms with Crippen LogP contribution in [0.15, 0.2) is 24.3 Å². The van der Waals surface area contributed by atoms with E-state index in [1.165, 1.54) is 10.4 Å². The molecule has 2 rings (SSSR count). The van der Waals surface area contributed by atoms with E-state index in [4.69, 9.17) is 4.74 Å². The fourth-order valence-corrected chi connectivity index (χ4v) is 3.16. The molecule has 1 aromatic carbocycles. The first kappa shape index (κ1) is 14.0. The summed E-state index contributed by atoms with van der Waals surface area (Å²) in [4.78, 5) is 8.10. The first-order chi connectivity index (χ1) is 9.10. The highest BCUT2D eigenvalue weighted by Crippen LogP contribution is 2.22. The molecular formula is C15H20N2OS. The lowest BCUT2D eigenvalue weighted by atomic mass is 10.2. The van der Waals surface area contributed by atoms with Gasteiger partial charge in [-0.25, -0.2) is 4.98 Å². The van der Waals surface area contributed by atoms with Crippen LogP contribution in [0.5, 0.6) is 5.75 Å². The highest BCUT2D eigenvalue weighted by atomic mass is 32.1. The highest BCUT2D eigenvalue weighted by Gasteiger charge is 2.10. The van der Waals surface area contributed by atoms with E-state index < -0.39 is 0 Å². The molecule has 0 saturated heterocycles. The van der Waals surface area contributed by atoms with Gasteiger partial charge in [-0.1, -0.05) is 18.2 Å². The summed E-state index contributed by atoms with van der Waals surface area (Å²) in [6.45, 7) is 5.94. The SMILES string of the molecule is COc1ccccc1CN(C)Cc1sc(C)nc1C. The molecule has 0 aliphatic carbocycles. The zero-order chi connectivity index (χ0) is 13.8. The fourth-order valence-electron chi connectivity index (χ4n) is 2.15. The Bertz CT molecular complexity index is 551. The molecule has 0 spiro atoms. The zero-order valence-corrected chi connectivity index (χ0v) is 12.8. The highest BCUT2D eigenvalue weighted by molar-refractivity contribution is 7.11. The molecule has 4 heteroatoms. The van der Waals surface area contributed by atoms with E-state index >= 15 is 0 Å². The minimum absolute atomic E-state index is 0.875. The zero-order valence-electron chi connectivity index (χ0n) is 11.9. The predicted molar refractivity (Wildman–Crippen MR) is 79.8 cm³/mol. The van der Waals surface area contributed by atoms with Gasteiger partial charge in [0.2, 0.25) is 0 Å². The van der Waals surface area contributed by atoms with E-state index in [0.29, 0.717) is 0 Å². The summed E-state index contributed by atoms with van der Waals surface area (Å²) in [6.07, 6.45) is 0. The Kier molecular flexibility index (Phi) is 4.56. The Morgan fingerprint density at radius 3 is 2.58 bits per heavy atom. The van der Waals surface area contributed by atoms with Crippen molar-refractivity contribution in [2.45, 2.75) is 26.9 Å². The number of methoxy groups -OCH3 is 1. The third kappa shape index (κ3) is 3.55. The largest absolute Gasteiger partial charge is 0.496 e. The van der Waals surface area contributed by atoms with Gasteiger partial charge in [-0.05, 0) is 27.0 Å². The number of benzene rings is 1. The summed E-state index contributed by atoms with van der Waals surface area (Å²) < 4.78 is 5.39. The number of para-hydroxylation sites is 1. The summed E-state index contributed by atoms with van der Waals surface area (Å²) >= 11 is 1.78. The van der Waals surface area contributed by atoms with Crippen LogP contribution in [0.3, 0.4) is 0 Å². The minimum Gasteiger partial charge on any atom is -0.496 e. The van der Waals surface area contributed by atoms with Gasteiger partial charge in [-0.2, -0.15) is 0 Å². The number of hydrogen-bond donors (Lipinski definition) is 0. The average Bonchev–Trinajstić information content (AvgIpc) is 2.68. The van der Waals surface area contributed by atoms with Crippen molar-refractivity contribution in [2.75, 3.05) is 14.2 Å². The van der Waals surface area contributed by atoms with Crippen LogP contribution in [-0.2, 0) is 13.1 Å². The van der Waals surface area contributed by atoms with Crippen LogP contribution in [-0.4, -0.2) is 24.0 Å². The molecule has 2 aromatic rings. The summed E-state index contributed by atoms with van der Waals surface area (Å²) in [5.74, 6) is 0.951. The van der Waals surface area contributed by atoms with Crippen molar-refractivity contribution in [3.63, 3.8) is 0 Å². The second kappa shape index (κ2) is 6.17. The van der Waals surface area contributed by atoms with Crippen LogP contribution < -0.4 is 4.74 Å². The Morgan fingerprint density at radius 2 is 1.95 bits per heavy atom. The van der Waals surface area contributed by atoms with Crippen molar-refractivity contribution in [2.24, 2.45) is 0 Å². The van der Waals surface area contributed by atoms with Crippen molar-refractivity contribution >= 4 is 11.3 Å². The van der Waals surface area contributed by atoms with E-state index in [1.54, 1.807) is 18.4 Å². The Hall–Kier alpha value is -1.39. The summed E-state index contributed by atoms with van der Waals surface area (Å²) in [5.41, 5.74) is 2.36. The molecule has 1 heterocycles. The quantitative estimate of drug-likeness (QED) is 0.837. The third-order valence-corrected chi connectivity index (χ3v) is 4.10. The second-order valence-electron chi connectivity index (χ2n) is 4.73. The van der Waals surface area contributed by atoms with Crippen LogP contribution in [0.2, 0.25) is 0 Å². The van der Waals surface area contributed by atoms with E-state index in [9.17, 15) is 0 Å². The van der Waals surface area contributed by atoms with Crippen LogP contribution in [0.1, 0.15) is 21.1 Å².